The molecule has 0 saturated carbocycles. The van der Waals surface area contributed by atoms with Crippen LogP contribution >= 0.6 is 0 Å². The van der Waals surface area contributed by atoms with E-state index >= 15 is 0 Å². The number of rotatable bonds is 5. The van der Waals surface area contributed by atoms with Gasteiger partial charge in [0.05, 0.1) is 11.8 Å². The summed E-state index contributed by atoms with van der Waals surface area (Å²) in [7, 11) is 1.98. The molecule has 2 aromatic heterocycles. The van der Waals surface area contributed by atoms with Gasteiger partial charge in [-0.15, -0.1) is 0 Å². The molecule has 1 saturated heterocycles. The van der Waals surface area contributed by atoms with Crippen LogP contribution in [0.5, 0.6) is 0 Å². The van der Waals surface area contributed by atoms with Gasteiger partial charge in [0.15, 0.2) is 0 Å². The third-order valence-corrected chi connectivity index (χ3v) is 5.17. The smallest absolute Gasteiger partial charge is 0.329 e. The molecular weight excluding hydrogens is 334 g/mol. The highest BCUT2D eigenvalue weighted by Crippen LogP contribution is 2.32. The number of amides is 1. The van der Waals surface area contributed by atoms with Gasteiger partial charge in [-0.3, -0.25) is 14.7 Å². The van der Waals surface area contributed by atoms with Crippen LogP contribution < -0.4 is 0 Å². The van der Waals surface area contributed by atoms with E-state index in [0.29, 0.717) is 31.5 Å². The Morgan fingerprint density at radius 1 is 1.46 bits per heavy atom. The second-order valence-corrected chi connectivity index (χ2v) is 6.97. The minimum Gasteiger partial charge on any atom is -0.480 e. The number of hydrogen-bond donors (Lipinski definition) is 1. The van der Waals surface area contributed by atoms with E-state index in [4.69, 9.17) is 4.42 Å². The number of aliphatic carboxylic acids is 1. The molecule has 0 bridgehead atoms. The molecule has 0 aliphatic carbocycles. The number of furan rings is 1. The van der Waals surface area contributed by atoms with Crippen LogP contribution in [0.1, 0.15) is 35.7 Å². The Kier molecular flexibility index (Phi) is 5.08. The lowest BCUT2D eigenvalue weighted by Gasteiger charge is -2.46. The second-order valence-electron chi connectivity index (χ2n) is 6.97. The molecule has 138 valence electrons. The summed E-state index contributed by atoms with van der Waals surface area (Å²) >= 11 is 0. The van der Waals surface area contributed by atoms with Crippen LogP contribution in [0.2, 0.25) is 0 Å². The molecule has 7 nitrogen and oxygen atoms in total. The lowest BCUT2D eigenvalue weighted by Crippen LogP contribution is -2.62. The van der Waals surface area contributed by atoms with Crippen LogP contribution in [0, 0.1) is 0 Å². The number of carboxylic acids is 1. The van der Waals surface area contributed by atoms with Crippen molar-refractivity contribution in [1.29, 1.82) is 0 Å². The Morgan fingerprint density at radius 2 is 2.27 bits per heavy atom. The third-order valence-electron chi connectivity index (χ3n) is 5.17. The number of piperidine rings is 1. The lowest BCUT2D eigenvalue weighted by atomic mass is 9.84. The summed E-state index contributed by atoms with van der Waals surface area (Å²) in [5.74, 6) is -1.30. The highest BCUT2D eigenvalue weighted by atomic mass is 16.4. The third kappa shape index (κ3) is 3.48. The first-order valence-corrected chi connectivity index (χ1v) is 8.58. The fraction of sp³-hybridized carbons (Fsp3) is 0.421. The van der Waals surface area contributed by atoms with Crippen molar-refractivity contribution in [3.05, 3.63) is 54.2 Å². The fourth-order valence-electron chi connectivity index (χ4n) is 3.55. The van der Waals surface area contributed by atoms with E-state index in [9.17, 15) is 14.7 Å². The maximum absolute atomic E-state index is 12.7. The standard InChI is InChI=1S/C19H23N3O4/c1-19(18(24)25)10-16(21(2)12-14-4-3-7-20-11-14)5-8-22(19)17(23)15-6-9-26-13-15/h3-4,6-7,9,11,13,16H,5,8,10,12H2,1-2H3,(H,24,25). The molecule has 1 amide bonds. The summed E-state index contributed by atoms with van der Waals surface area (Å²) in [6.45, 7) is 2.69. The zero-order valence-corrected chi connectivity index (χ0v) is 15.0. The van der Waals surface area contributed by atoms with Gasteiger partial charge < -0.3 is 14.4 Å². The lowest BCUT2D eigenvalue weighted by molar-refractivity contribution is -0.152. The van der Waals surface area contributed by atoms with Gasteiger partial charge in [-0.25, -0.2) is 4.79 Å². The number of nitrogens with zero attached hydrogens (tertiary/aromatic N) is 3. The van der Waals surface area contributed by atoms with Crippen LogP contribution in [-0.4, -0.2) is 56.9 Å². The molecule has 1 aliphatic heterocycles. The monoisotopic (exact) mass is 357 g/mol. The molecule has 1 fully saturated rings. The Morgan fingerprint density at radius 3 is 2.88 bits per heavy atom. The quantitative estimate of drug-likeness (QED) is 0.883. The molecule has 2 unspecified atom stereocenters. The van der Waals surface area contributed by atoms with E-state index in [1.165, 1.54) is 17.4 Å². The number of carbonyl (C=O) groups is 2. The van der Waals surface area contributed by atoms with E-state index < -0.39 is 11.5 Å². The summed E-state index contributed by atoms with van der Waals surface area (Å²) in [5.41, 5.74) is 0.184. The van der Waals surface area contributed by atoms with Gasteiger partial charge >= 0.3 is 5.97 Å². The van der Waals surface area contributed by atoms with E-state index in [1.807, 2.05) is 25.4 Å². The molecule has 2 aromatic rings. The van der Waals surface area contributed by atoms with Gasteiger partial charge in [0.25, 0.3) is 5.91 Å². The molecule has 7 heteroatoms. The van der Waals surface area contributed by atoms with Crippen LogP contribution in [-0.2, 0) is 11.3 Å². The maximum Gasteiger partial charge on any atom is 0.329 e. The highest BCUT2D eigenvalue weighted by Gasteiger charge is 2.48. The molecule has 1 N–H and O–H groups in total. The highest BCUT2D eigenvalue weighted by molar-refractivity contribution is 5.97. The Hall–Kier alpha value is -2.67. The molecular formula is C19H23N3O4. The van der Waals surface area contributed by atoms with E-state index in [1.54, 1.807) is 19.2 Å². The molecule has 0 spiro atoms. The zero-order valence-electron chi connectivity index (χ0n) is 15.0. The van der Waals surface area contributed by atoms with Gasteiger partial charge in [-0.2, -0.15) is 0 Å². The Balaban J connectivity index is 1.76. The molecule has 3 heterocycles. The van der Waals surface area contributed by atoms with Crippen LogP contribution in [0.15, 0.2) is 47.5 Å². The summed E-state index contributed by atoms with van der Waals surface area (Å²) in [6, 6.07) is 5.50. The first kappa shape index (κ1) is 18.1. The van der Waals surface area contributed by atoms with Crippen molar-refractivity contribution in [2.24, 2.45) is 0 Å². The van der Waals surface area contributed by atoms with Gasteiger partial charge in [0, 0.05) is 31.5 Å². The number of hydrogen-bond acceptors (Lipinski definition) is 5. The normalized spacial score (nSPS) is 23.2. The molecule has 3 rings (SSSR count). The predicted molar refractivity (Wildman–Crippen MR) is 94.5 cm³/mol. The van der Waals surface area contributed by atoms with Crippen molar-refractivity contribution in [3.63, 3.8) is 0 Å². The fourth-order valence-corrected chi connectivity index (χ4v) is 3.55. The Bertz CT molecular complexity index is 762. The first-order chi connectivity index (χ1) is 12.4. The summed E-state index contributed by atoms with van der Waals surface area (Å²) in [5, 5.41) is 9.86. The van der Waals surface area contributed by atoms with E-state index in [2.05, 4.69) is 9.88 Å². The summed E-state index contributed by atoms with van der Waals surface area (Å²) in [4.78, 5) is 32.5. The topological polar surface area (TPSA) is 86.9 Å². The van der Waals surface area contributed by atoms with Gasteiger partial charge in [0.1, 0.15) is 11.8 Å². The average molecular weight is 357 g/mol. The molecule has 1 aliphatic rings. The second kappa shape index (κ2) is 7.29. The zero-order chi connectivity index (χ0) is 18.7. The minimum atomic E-state index is -1.26. The van der Waals surface area contributed by atoms with Crippen molar-refractivity contribution >= 4 is 11.9 Å². The van der Waals surface area contributed by atoms with Crippen molar-refractivity contribution < 1.29 is 19.1 Å². The maximum atomic E-state index is 12.7. The Labute approximate surface area is 152 Å². The molecule has 0 radical (unpaired) electrons. The van der Waals surface area contributed by atoms with Crippen molar-refractivity contribution in [2.45, 2.75) is 37.9 Å². The van der Waals surface area contributed by atoms with Crippen molar-refractivity contribution in [3.8, 4) is 0 Å². The van der Waals surface area contributed by atoms with Crippen molar-refractivity contribution in [2.75, 3.05) is 13.6 Å². The molecule has 2 atom stereocenters. The molecule has 0 aromatic carbocycles. The van der Waals surface area contributed by atoms with E-state index in [-0.39, 0.29) is 11.9 Å². The summed E-state index contributed by atoms with van der Waals surface area (Å²) in [6.07, 6.45) is 7.38. The minimum absolute atomic E-state index is 0.0599. The van der Waals surface area contributed by atoms with Crippen LogP contribution in [0.4, 0.5) is 0 Å². The van der Waals surface area contributed by atoms with Gasteiger partial charge in [-0.1, -0.05) is 6.07 Å². The van der Waals surface area contributed by atoms with E-state index in [0.717, 1.165) is 5.56 Å². The van der Waals surface area contributed by atoms with Crippen molar-refractivity contribution in [1.82, 2.24) is 14.8 Å². The van der Waals surface area contributed by atoms with Crippen LogP contribution in [0.25, 0.3) is 0 Å². The molecule has 26 heavy (non-hydrogen) atoms. The van der Waals surface area contributed by atoms with Crippen LogP contribution in [0.3, 0.4) is 0 Å². The first-order valence-electron chi connectivity index (χ1n) is 8.58. The number of likely N-dealkylation sites (tertiary alicyclic amines) is 1. The number of pyridine rings is 1. The number of carbonyl (C=O) groups excluding carboxylic acids is 1. The predicted octanol–water partition coefficient (Wildman–Crippen LogP) is 2.25. The largest absolute Gasteiger partial charge is 0.480 e. The van der Waals surface area contributed by atoms with Gasteiger partial charge in [-0.05, 0) is 44.5 Å². The number of aromatic nitrogens is 1. The van der Waals surface area contributed by atoms with Gasteiger partial charge in [0.2, 0.25) is 0 Å². The summed E-state index contributed by atoms with van der Waals surface area (Å²) < 4.78 is 4.97. The SMILES string of the molecule is CN(Cc1cccnc1)C1CCN(C(=O)c2ccoc2)C(C)(C(=O)O)C1. The number of carboxylic acid groups (broad SMARTS) is 1. The average Bonchev–Trinajstić information content (AvgIpc) is 3.16.